The van der Waals surface area contributed by atoms with Crippen LogP contribution in [-0.4, -0.2) is 36.4 Å². The van der Waals surface area contributed by atoms with Crippen molar-refractivity contribution >= 4 is 11.9 Å². The molecule has 5 heteroatoms. The van der Waals surface area contributed by atoms with E-state index in [9.17, 15) is 14.7 Å². The SMILES string of the molecule is CC/C=C\C/C=C\C/C=C\C/C=C\C/C=C\C/C=C\CCCCCCCCCCCCCCCCCCC(=O)OC(CO)COC(=O)CCCCCCCCCCCCCCCCCCCC/C=C\C/C=C\C/C=C\CCCCCCC. The molecule has 0 bridgehead atoms. The van der Waals surface area contributed by atoms with Gasteiger partial charge in [-0.3, -0.25) is 9.59 Å². The van der Waals surface area contributed by atoms with Crippen LogP contribution in [0.25, 0.3) is 0 Å². The normalized spacial score (nSPS) is 12.9. The molecule has 0 aliphatic rings. The minimum Gasteiger partial charge on any atom is -0.462 e. The minimum absolute atomic E-state index is 0.0660. The fourth-order valence-corrected chi connectivity index (χ4v) is 10.3. The number of carbonyl (C=O) groups is 2. The summed E-state index contributed by atoms with van der Waals surface area (Å²) in [7, 11) is 0. The summed E-state index contributed by atoms with van der Waals surface area (Å²) in [5.74, 6) is -0.579. The standard InChI is InChI=1S/C77H134O5/c1-3-5-7-9-11-13-15-17-19-21-23-25-27-29-31-33-35-37-38-40-42-44-46-48-50-52-54-56-58-60-62-64-66-68-70-72-77(80)82-75(73-78)74-81-76(79)71-69-67-65-63-61-59-57-55-53-51-49-47-45-43-41-39-36-34-32-30-28-26-24-22-20-18-16-14-12-10-8-6-4-2/h5,7,11,13,16-19,22-25,28-31,35,37,75,78H,3-4,6,8-10,12,14-15,20-21,26-27,32-34,36,38-74H2,1-2H3/b7-5-,13-11-,18-16-,19-17-,24-22-,25-23-,30-28-,31-29-,37-35-. The number of rotatable bonds is 65. The fourth-order valence-electron chi connectivity index (χ4n) is 10.3. The Morgan fingerprint density at radius 1 is 0.293 bits per heavy atom. The second kappa shape index (κ2) is 71.8. The smallest absolute Gasteiger partial charge is 0.306 e. The Morgan fingerprint density at radius 3 is 0.793 bits per heavy atom. The molecule has 5 nitrogen and oxygen atoms in total. The zero-order valence-electron chi connectivity index (χ0n) is 54.2. The van der Waals surface area contributed by atoms with E-state index in [-0.39, 0.29) is 25.2 Å². The number of allylic oxidation sites excluding steroid dienone is 18. The van der Waals surface area contributed by atoms with E-state index >= 15 is 0 Å². The summed E-state index contributed by atoms with van der Waals surface area (Å²) in [6.07, 6.45) is 104. The number of ether oxygens (including phenoxy) is 2. The largest absolute Gasteiger partial charge is 0.462 e. The van der Waals surface area contributed by atoms with E-state index < -0.39 is 6.10 Å². The highest BCUT2D eigenvalue weighted by Gasteiger charge is 2.16. The molecule has 0 aromatic heterocycles. The third-order valence-electron chi connectivity index (χ3n) is 15.6. The molecule has 472 valence electrons. The average molecular weight is 1140 g/mol. The van der Waals surface area contributed by atoms with Crippen LogP contribution in [0.5, 0.6) is 0 Å². The van der Waals surface area contributed by atoms with E-state index in [1.54, 1.807) is 0 Å². The molecule has 0 aliphatic carbocycles. The number of esters is 2. The average Bonchev–Trinajstić information content (AvgIpc) is 3.49. The van der Waals surface area contributed by atoms with Gasteiger partial charge in [-0.2, -0.15) is 0 Å². The summed E-state index contributed by atoms with van der Waals surface area (Å²) in [6.45, 7) is 4.05. The summed E-state index contributed by atoms with van der Waals surface area (Å²) >= 11 is 0. The van der Waals surface area contributed by atoms with Gasteiger partial charge in [0.05, 0.1) is 6.61 Å². The van der Waals surface area contributed by atoms with Crippen molar-refractivity contribution in [1.82, 2.24) is 0 Å². The molecule has 0 amide bonds. The van der Waals surface area contributed by atoms with Gasteiger partial charge in [0.2, 0.25) is 0 Å². The van der Waals surface area contributed by atoms with Crippen molar-refractivity contribution in [1.29, 1.82) is 0 Å². The third kappa shape index (κ3) is 69.1. The van der Waals surface area contributed by atoms with Crippen molar-refractivity contribution in [2.24, 2.45) is 0 Å². The molecule has 0 radical (unpaired) electrons. The van der Waals surface area contributed by atoms with Crippen molar-refractivity contribution in [2.45, 2.75) is 354 Å². The lowest BCUT2D eigenvalue weighted by Crippen LogP contribution is -2.28. The molecule has 0 fully saturated rings. The predicted octanol–water partition coefficient (Wildman–Crippen LogP) is 24.8. The summed E-state index contributed by atoms with van der Waals surface area (Å²) < 4.78 is 10.8. The summed E-state index contributed by atoms with van der Waals surface area (Å²) in [5, 5.41) is 9.71. The Balaban J connectivity index is 3.45. The highest BCUT2D eigenvalue weighted by molar-refractivity contribution is 5.70. The van der Waals surface area contributed by atoms with E-state index in [0.717, 1.165) is 89.9 Å². The molecule has 0 aromatic rings. The van der Waals surface area contributed by atoms with Crippen molar-refractivity contribution < 1.29 is 24.2 Å². The van der Waals surface area contributed by atoms with E-state index in [4.69, 9.17) is 9.47 Å². The molecule has 1 unspecified atom stereocenters. The lowest BCUT2D eigenvalue weighted by Gasteiger charge is -2.15. The number of aliphatic hydroxyl groups excluding tert-OH is 1. The Labute approximate surface area is 510 Å². The van der Waals surface area contributed by atoms with Crippen LogP contribution < -0.4 is 0 Å². The van der Waals surface area contributed by atoms with E-state index in [0.29, 0.717) is 12.8 Å². The van der Waals surface area contributed by atoms with Gasteiger partial charge in [-0.25, -0.2) is 0 Å². The van der Waals surface area contributed by atoms with E-state index in [2.05, 4.69) is 123 Å². The van der Waals surface area contributed by atoms with Crippen molar-refractivity contribution in [3.8, 4) is 0 Å². The van der Waals surface area contributed by atoms with Crippen LogP contribution in [0.3, 0.4) is 0 Å². The van der Waals surface area contributed by atoms with Gasteiger partial charge in [0.1, 0.15) is 6.61 Å². The summed E-state index contributed by atoms with van der Waals surface area (Å²) in [5.41, 5.74) is 0. The van der Waals surface area contributed by atoms with Gasteiger partial charge in [0.15, 0.2) is 6.10 Å². The lowest BCUT2D eigenvalue weighted by molar-refractivity contribution is -0.161. The highest BCUT2D eigenvalue weighted by atomic mass is 16.6. The number of unbranched alkanes of at least 4 members (excludes halogenated alkanes) is 39. The monoisotopic (exact) mass is 1140 g/mol. The van der Waals surface area contributed by atoms with E-state index in [1.807, 2.05) is 0 Å². The molecule has 82 heavy (non-hydrogen) atoms. The van der Waals surface area contributed by atoms with Crippen LogP contribution >= 0.6 is 0 Å². The van der Waals surface area contributed by atoms with Gasteiger partial charge in [-0.05, 0) is 103 Å². The molecule has 0 aromatic carbocycles. The van der Waals surface area contributed by atoms with Gasteiger partial charge in [-0.1, -0.05) is 342 Å². The van der Waals surface area contributed by atoms with Gasteiger partial charge in [0, 0.05) is 12.8 Å². The van der Waals surface area contributed by atoms with Gasteiger partial charge < -0.3 is 14.6 Å². The number of hydrogen-bond acceptors (Lipinski definition) is 5. The van der Waals surface area contributed by atoms with Crippen molar-refractivity contribution in [3.05, 3.63) is 109 Å². The fraction of sp³-hybridized carbons (Fsp3) is 0.740. The van der Waals surface area contributed by atoms with Gasteiger partial charge >= 0.3 is 11.9 Å². The maximum absolute atomic E-state index is 12.4. The Hall–Kier alpha value is -3.44. The number of aliphatic hydroxyl groups is 1. The third-order valence-corrected chi connectivity index (χ3v) is 15.6. The first-order valence-corrected chi connectivity index (χ1v) is 35.4. The predicted molar refractivity (Wildman–Crippen MR) is 362 cm³/mol. The van der Waals surface area contributed by atoms with E-state index in [1.165, 1.54) is 231 Å². The number of carbonyl (C=O) groups excluding carboxylic acids is 2. The summed E-state index contributed by atoms with van der Waals surface area (Å²) in [6, 6.07) is 0. The zero-order valence-corrected chi connectivity index (χ0v) is 54.2. The molecule has 0 aliphatic heterocycles. The Bertz CT molecular complexity index is 1570. The Morgan fingerprint density at radius 2 is 0.524 bits per heavy atom. The van der Waals surface area contributed by atoms with Crippen molar-refractivity contribution in [3.63, 3.8) is 0 Å². The quantitative estimate of drug-likeness (QED) is 0.0373. The molecular formula is C77H134O5. The first-order chi connectivity index (χ1) is 40.6. The van der Waals surface area contributed by atoms with Crippen LogP contribution in [0, 0.1) is 0 Å². The molecule has 1 N–H and O–H groups in total. The summed E-state index contributed by atoms with van der Waals surface area (Å²) in [4.78, 5) is 24.7. The molecule has 0 saturated carbocycles. The molecular weight excluding hydrogens is 1000 g/mol. The molecule has 1 atom stereocenters. The Kier molecular flexibility index (Phi) is 68.8. The van der Waals surface area contributed by atoms with Gasteiger partial charge in [0.25, 0.3) is 0 Å². The molecule has 0 spiro atoms. The first-order valence-electron chi connectivity index (χ1n) is 35.4. The molecule has 0 rings (SSSR count). The second-order valence-electron chi connectivity index (χ2n) is 23.6. The van der Waals surface area contributed by atoms with Crippen LogP contribution in [0.1, 0.15) is 348 Å². The maximum Gasteiger partial charge on any atom is 0.306 e. The van der Waals surface area contributed by atoms with Crippen LogP contribution in [0.2, 0.25) is 0 Å². The topological polar surface area (TPSA) is 72.8 Å². The van der Waals surface area contributed by atoms with Crippen LogP contribution in [-0.2, 0) is 19.1 Å². The zero-order chi connectivity index (χ0) is 59.1. The van der Waals surface area contributed by atoms with Crippen LogP contribution in [0.4, 0.5) is 0 Å². The van der Waals surface area contributed by atoms with Crippen LogP contribution in [0.15, 0.2) is 109 Å². The number of hydrogen-bond donors (Lipinski definition) is 1. The van der Waals surface area contributed by atoms with Gasteiger partial charge in [-0.15, -0.1) is 0 Å². The molecule has 0 heterocycles. The first kappa shape index (κ1) is 78.6. The highest BCUT2D eigenvalue weighted by Crippen LogP contribution is 2.18. The lowest BCUT2D eigenvalue weighted by atomic mass is 10.0. The minimum atomic E-state index is -0.777. The van der Waals surface area contributed by atoms with Crippen molar-refractivity contribution in [2.75, 3.05) is 13.2 Å². The maximum atomic E-state index is 12.4. The second-order valence-corrected chi connectivity index (χ2v) is 23.6. The molecule has 0 saturated heterocycles.